The zero-order valence-electron chi connectivity index (χ0n) is 15.4. The molecule has 1 aromatic heterocycles. The maximum atomic E-state index is 9.60. The Labute approximate surface area is 164 Å². The van der Waals surface area contributed by atoms with Crippen LogP contribution in [0.5, 0.6) is 0 Å². The molecule has 0 saturated heterocycles. The highest BCUT2D eigenvalue weighted by Crippen LogP contribution is 2.28. The molecule has 1 aliphatic heterocycles. The summed E-state index contributed by atoms with van der Waals surface area (Å²) in [6.07, 6.45) is 6.68. The summed E-state index contributed by atoms with van der Waals surface area (Å²) in [6.45, 7) is 1.05. The number of H-pyrrole nitrogens is 1. The number of hydrogen-bond acceptors (Lipinski definition) is 3. The van der Waals surface area contributed by atoms with Gasteiger partial charge in [-0.25, -0.2) is 0 Å². The molecule has 2 aromatic carbocycles. The van der Waals surface area contributed by atoms with Gasteiger partial charge in [0.15, 0.2) is 0 Å². The van der Waals surface area contributed by atoms with Crippen LogP contribution in [0.1, 0.15) is 29.5 Å². The van der Waals surface area contributed by atoms with Crippen molar-refractivity contribution in [1.29, 1.82) is 0 Å². The molecule has 0 aliphatic carbocycles. The fourth-order valence-corrected chi connectivity index (χ4v) is 4.89. The molecule has 3 N–H and O–H groups in total. The fraction of sp³-hybridized carbons (Fsp3) is 0.304. The summed E-state index contributed by atoms with van der Waals surface area (Å²) in [7, 11) is 0. The first-order chi connectivity index (χ1) is 13.3. The molecule has 3 nitrogen and oxygen atoms in total. The lowest BCUT2D eigenvalue weighted by Gasteiger charge is -2.24. The van der Waals surface area contributed by atoms with Crippen molar-refractivity contribution >= 4 is 28.2 Å². The molecular weight excluding hydrogens is 352 g/mol. The molecule has 3 aromatic rings. The van der Waals surface area contributed by atoms with E-state index in [0.29, 0.717) is 6.04 Å². The predicted molar refractivity (Wildman–Crippen MR) is 116 cm³/mol. The number of rotatable bonds is 7. The van der Waals surface area contributed by atoms with Gasteiger partial charge < -0.3 is 15.4 Å². The minimum Gasteiger partial charge on any atom is -0.392 e. The highest BCUT2D eigenvalue weighted by atomic mass is 32.2. The lowest BCUT2D eigenvalue weighted by Crippen LogP contribution is -2.33. The van der Waals surface area contributed by atoms with Gasteiger partial charge in [-0.1, -0.05) is 48.5 Å². The SMILES string of the molecule is OCc1cccc2[nH]cc(CSCCC3CC(c4ccccc4)=CCN3)c12. The van der Waals surface area contributed by atoms with Crippen molar-refractivity contribution in [1.82, 2.24) is 10.3 Å². The standard InChI is InChI=1S/C23H26N2OS/c26-15-19-7-4-8-22-23(19)20(14-25-22)16-27-12-10-21-13-18(9-11-24-21)17-5-2-1-3-6-17/h1-9,14,21,24-26H,10-13,15-16H2. The topological polar surface area (TPSA) is 48.0 Å². The molecule has 1 unspecified atom stereocenters. The van der Waals surface area contributed by atoms with E-state index in [0.717, 1.165) is 35.6 Å². The van der Waals surface area contributed by atoms with E-state index in [1.165, 1.54) is 28.5 Å². The second kappa shape index (κ2) is 8.79. The zero-order valence-corrected chi connectivity index (χ0v) is 16.3. The molecule has 2 heterocycles. The van der Waals surface area contributed by atoms with Gasteiger partial charge in [0.2, 0.25) is 0 Å². The van der Waals surface area contributed by atoms with E-state index in [9.17, 15) is 5.11 Å². The molecule has 0 amide bonds. The van der Waals surface area contributed by atoms with Gasteiger partial charge in [0, 0.05) is 35.4 Å². The van der Waals surface area contributed by atoms with Gasteiger partial charge >= 0.3 is 0 Å². The Morgan fingerprint density at radius 1 is 1.04 bits per heavy atom. The summed E-state index contributed by atoms with van der Waals surface area (Å²) >= 11 is 1.97. The highest BCUT2D eigenvalue weighted by molar-refractivity contribution is 7.98. The van der Waals surface area contributed by atoms with Crippen molar-refractivity contribution in [2.75, 3.05) is 12.3 Å². The number of nitrogens with one attached hydrogen (secondary N) is 2. The number of thioether (sulfide) groups is 1. The van der Waals surface area contributed by atoms with Gasteiger partial charge in [0.25, 0.3) is 0 Å². The Balaban J connectivity index is 1.30. The van der Waals surface area contributed by atoms with Crippen LogP contribution in [-0.2, 0) is 12.4 Å². The third-order valence-corrected chi connectivity index (χ3v) is 6.32. The molecule has 4 heteroatoms. The third-order valence-electron chi connectivity index (χ3n) is 5.28. The van der Waals surface area contributed by atoms with Gasteiger partial charge in [-0.05, 0) is 46.9 Å². The van der Waals surface area contributed by atoms with E-state index in [4.69, 9.17) is 0 Å². The van der Waals surface area contributed by atoms with Crippen LogP contribution >= 0.6 is 11.8 Å². The first-order valence-electron chi connectivity index (χ1n) is 9.59. The second-order valence-corrected chi connectivity index (χ2v) is 8.16. The third kappa shape index (κ3) is 4.29. The summed E-state index contributed by atoms with van der Waals surface area (Å²) in [4.78, 5) is 3.33. The van der Waals surface area contributed by atoms with E-state index in [1.54, 1.807) is 0 Å². The van der Waals surface area contributed by atoms with Gasteiger partial charge in [0.05, 0.1) is 6.61 Å². The van der Waals surface area contributed by atoms with Crippen LogP contribution in [0, 0.1) is 0 Å². The maximum Gasteiger partial charge on any atom is 0.0688 e. The Morgan fingerprint density at radius 2 is 1.93 bits per heavy atom. The summed E-state index contributed by atoms with van der Waals surface area (Å²) in [5.74, 6) is 2.11. The van der Waals surface area contributed by atoms with E-state index < -0.39 is 0 Å². The van der Waals surface area contributed by atoms with Crippen molar-refractivity contribution in [2.45, 2.75) is 31.2 Å². The van der Waals surface area contributed by atoms with E-state index >= 15 is 0 Å². The van der Waals surface area contributed by atoms with Gasteiger partial charge in [0.1, 0.15) is 0 Å². The summed E-state index contributed by atoms with van der Waals surface area (Å²) in [5.41, 5.74) is 6.24. The first kappa shape index (κ1) is 18.4. The summed E-state index contributed by atoms with van der Waals surface area (Å²) in [5, 5.41) is 14.4. The molecular formula is C23H26N2OS. The van der Waals surface area contributed by atoms with Crippen LogP contribution in [0.4, 0.5) is 0 Å². The molecule has 4 rings (SSSR count). The Morgan fingerprint density at radius 3 is 2.78 bits per heavy atom. The number of aromatic amines is 1. The van der Waals surface area contributed by atoms with E-state index in [1.807, 2.05) is 23.9 Å². The van der Waals surface area contributed by atoms with Gasteiger partial charge in [-0.15, -0.1) is 0 Å². The molecule has 1 atom stereocenters. The van der Waals surface area contributed by atoms with Crippen LogP contribution in [0.3, 0.4) is 0 Å². The Hall–Kier alpha value is -2.01. The predicted octanol–water partition coefficient (Wildman–Crippen LogP) is 4.73. The molecule has 0 spiro atoms. The first-order valence-corrected chi connectivity index (χ1v) is 10.7. The Bertz CT molecular complexity index is 917. The summed E-state index contributed by atoms with van der Waals surface area (Å²) in [6, 6.07) is 17.3. The number of aliphatic hydroxyl groups excluding tert-OH is 1. The van der Waals surface area contributed by atoms with Crippen molar-refractivity contribution in [3.8, 4) is 0 Å². The van der Waals surface area contributed by atoms with Gasteiger partial charge in [-0.2, -0.15) is 11.8 Å². The van der Waals surface area contributed by atoms with Crippen LogP contribution in [0.15, 0.2) is 60.8 Å². The molecule has 0 bridgehead atoms. The highest BCUT2D eigenvalue weighted by Gasteiger charge is 2.16. The second-order valence-electron chi connectivity index (χ2n) is 7.06. The molecule has 27 heavy (non-hydrogen) atoms. The lowest BCUT2D eigenvalue weighted by atomic mass is 9.94. The average Bonchev–Trinajstić information content (AvgIpc) is 3.15. The normalized spacial score (nSPS) is 17.2. The van der Waals surface area contributed by atoms with Crippen molar-refractivity contribution in [2.24, 2.45) is 0 Å². The van der Waals surface area contributed by atoms with Crippen LogP contribution < -0.4 is 5.32 Å². The van der Waals surface area contributed by atoms with Crippen LogP contribution in [-0.4, -0.2) is 28.4 Å². The monoisotopic (exact) mass is 378 g/mol. The number of aliphatic hydroxyl groups is 1. The van der Waals surface area contributed by atoms with E-state index in [-0.39, 0.29) is 6.61 Å². The molecule has 140 valence electrons. The zero-order chi connectivity index (χ0) is 18.5. The van der Waals surface area contributed by atoms with E-state index in [2.05, 4.69) is 59.0 Å². The van der Waals surface area contributed by atoms with Crippen LogP contribution in [0.25, 0.3) is 16.5 Å². The Kier molecular flexibility index (Phi) is 5.97. The van der Waals surface area contributed by atoms with Gasteiger partial charge in [-0.3, -0.25) is 0 Å². The summed E-state index contributed by atoms with van der Waals surface area (Å²) < 4.78 is 0. The average molecular weight is 379 g/mol. The molecule has 0 saturated carbocycles. The molecule has 1 aliphatic rings. The largest absolute Gasteiger partial charge is 0.392 e. The minimum absolute atomic E-state index is 0.0907. The van der Waals surface area contributed by atoms with Crippen molar-refractivity contribution in [3.05, 3.63) is 77.5 Å². The maximum absolute atomic E-state index is 9.60. The fourth-order valence-electron chi connectivity index (χ4n) is 3.85. The number of hydrogen-bond donors (Lipinski definition) is 3. The number of aromatic nitrogens is 1. The molecule has 0 radical (unpaired) electrons. The smallest absolute Gasteiger partial charge is 0.0688 e. The molecule has 0 fully saturated rings. The minimum atomic E-state index is 0.0907. The number of fused-ring (bicyclic) bond motifs is 1. The lowest BCUT2D eigenvalue weighted by molar-refractivity contribution is 0.283. The van der Waals surface area contributed by atoms with Crippen molar-refractivity contribution < 1.29 is 5.11 Å². The van der Waals surface area contributed by atoms with Crippen LogP contribution in [0.2, 0.25) is 0 Å². The van der Waals surface area contributed by atoms with Crippen molar-refractivity contribution in [3.63, 3.8) is 0 Å². The number of benzene rings is 2. The quantitative estimate of drug-likeness (QED) is 0.521.